The molecule has 0 radical (unpaired) electrons. The van der Waals surface area contributed by atoms with Crippen LogP contribution in [0, 0.1) is 0 Å². The minimum absolute atomic E-state index is 0.444. The first-order valence-corrected chi connectivity index (χ1v) is 9.58. The molecule has 0 aliphatic heterocycles. The molecule has 7 heteroatoms. The molecule has 142 valence electrons. The van der Waals surface area contributed by atoms with E-state index >= 15 is 0 Å². The van der Waals surface area contributed by atoms with E-state index in [9.17, 15) is 5.11 Å². The smallest absolute Gasteiger partial charge is 0.155 e. The van der Waals surface area contributed by atoms with Crippen LogP contribution in [-0.4, -0.2) is 25.9 Å². The Balaban J connectivity index is 1.42. The summed E-state index contributed by atoms with van der Waals surface area (Å²) in [6, 6.07) is 17.5. The number of nitrogens with zero attached hydrogens (tertiary/aromatic N) is 3. The van der Waals surface area contributed by atoms with Crippen molar-refractivity contribution in [1.29, 1.82) is 0 Å². The van der Waals surface area contributed by atoms with Gasteiger partial charge in [0.05, 0.1) is 10.0 Å². The second-order valence-corrected chi connectivity index (χ2v) is 7.34. The van der Waals surface area contributed by atoms with Crippen LogP contribution in [0.5, 0.6) is 0 Å². The van der Waals surface area contributed by atoms with Gasteiger partial charge in [0.1, 0.15) is 12.6 Å². The molecule has 4 aromatic rings. The van der Waals surface area contributed by atoms with Gasteiger partial charge in [-0.05, 0) is 47.0 Å². The molecule has 1 atom stereocenters. The van der Waals surface area contributed by atoms with E-state index in [4.69, 9.17) is 23.2 Å². The summed E-state index contributed by atoms with van der Waals surface area (Å²) in [6.45, 7) is 0.544. The van der Waals surface area contributed by atoms with E-state index in [1.807, 2.05) is 42.6 Å². The Bertz CT molecular complexity index is 1110. The fraction of sp³-hybridized carbons (Fsp3) is 0.143. The van der Waals surface area contributed by atoms with Crippen LogP contribution in [0.3, 0.4) is 0 Å². The topological polar surface area (TPSA) is 62.5 Å². The maximum atomic E-state index is 10.3. The third kappa shape index (κ3) is 4.34. The second-order valence-electron chi connectivity index (χ2n) is 6.53. The molecule has 1 unspecified atom stereocenters. The number of pyridine rings is 1. The summed E-state index contributed by atoms with van der Waals surface area (Å²) in [5.74, 6) is 0. The van der Waals surface area contributed by atoms with Crippen molar-refractivity contribution >= 4 is 28.8 Å². The molecule has 2 aromatic carbocycles. The maximum absolute atomic E-state index is 10.3. The second kappa shape index (κ2) is 8.29. The number of benzene rings is 2. The highest BCUT2D eigenvalue weighted by Gasteiger charge is 2.08. The van der Waals surface area contributed by atoms with E-state index in [0.717, 1.165) is 27.9 Å². The molecule has 0 amide bonds. The van der Waals surface area contributed by atoms with Crippen LogP contribution >= 0.6 is 23.2 Å². The van der Waals surface area contributed by atoms with Crippen LogP contribution in [0.4, 0.5) is 0 Å². The Morgan fingerprint density at radius 3 is 2.71 bits per heavy atom. The largest absolute Gasteiger partial charge is 0.378 e. The van der Waals surface area contributed by atoms with Crippen molar-refractivity contribution < 1.29 is 5.11 Å². The number of nitrogens with one attached hydrogen (secondary N) is 1. The Morgan fingerprint density at radius 1 is 0.964 bits per heavy atom. The lowest BCUT2D eigenvalue weighted by Gasteiger charge is -2.14. The molecule has 28 heavy (non-hydrogen) atoms. The number of aromatic nitrogens is 3. The summed E-state index contributed by atoms with van der Waals surface area (Å²) >= 11 is 12.0. The number of fused-ring (bicyclic) bond motifs is 1. The summed E-state index contributed by atoms with van der Waals surface area (Å²) in [4.78, 5) is 4.16. The van der Waals surface area contributed by atoms with Gasteiger partial charge in [0.15, 0.2) is 5.65 Å². The molecule has 0 aliphatic carbocycles. The summed E-state index contributed by atoms with van der Waals surface area (Å²) in [7, 11) is 0. The van der Waals surface area contributed by atoms with Crippen LogP contribution in [0.25, 0.3) is 16.8 Å². The number of hydrogen-bond donors (Lipinski definition) is 2. The van der Waals surface area contributed by atoms with E-state index in [0.29, 0.717) is 23.0 Å². The maximum Gasteiger partial charge on any atom is 0.155 e. The molecule has 4 rings (SSSR count). The zero-order valence-corrected chi connectivity index (χ0v) is 16.4. The number of rotatable bonds is 6. The van der Waals surface area contributed by atoms with Crippen molar-refractivity contribution in [2.75, 3.05) is 0 Å². The normalized spacial score (nSPS) is 12.4. The monoisotopic (exact) mass is 412 g/mol. The predicted molar refractivity (Wildman–Crippen MR) is 111 cm³/mol. The third-order valence-corrected chi connectivity index (χ3v) is 5.23. The summed E-state index contributed by atoms with van der Waals surface area (Å²) in [5, 5.41) is 18.6. The number of hydrogen-bond acceptors (Lipinski definition) is 4. The minimum Gasteiger partial charge on any atom is -0.378 e. The van der Waals surface area contributed by atoms with Crippen molar-refractivity contribution in [1.82, 2.24) is 19.9 Å². The van der Waals surface area contributed by atoms with Crippen LogP contribution < -0.4 is 5.32 Å². The van der Waals surface area contributed by atoms with Gasteiger partial charge in [-0.2, -0.15) is 5.10 Å². The van der Waals surface area contributed by atoms with Gasteiger partial charge in [0.25, 0.3) is 0 Å². The van der Waals surface area contributed by atoms with E-state index < -0.39 is 6.23 Å². The molecule has 0 fully saturated rings. The van der Waals surface area contributed by atoms with Crippen LogP contribution in [-0.2, 0) is 13.0 Å². The molecular formula is C21H18Cl2N4O. The Labute approximate surface area is 172 Å². The number of aliphatic hydroxyl groups excluding tert-OH is 1. The van der Waals surface area contributed by atoms with Crippen LogP contribution in [0.15, 0.2) is 67.1 Å². The molecule has 0 aliphatic rings. The predicted octanol–water partition coefficient (Wildman–Crippen LogP) is 4.35. The van der Waals surface area contributed by atoms with Gasteiger partial charge in [-0.15, -0.1) is 0 Å². The van der Waals surface area contributed by atoms with Crippen molar-refractivity contribution in [3.8, 4) is 11.1 Å². The molecule has 2 heterocycles. The van der Waals surface area contributed by atoms with Crippen molar-refractivity contribution in [3.05, 3.63) is 88.3 Å². The Kier molecular flexibility index (Phi) is 5.59. The van der Waals surface area contributed by atoms with Gasteiger partial charge in [0, 0.05) is 24.7 Å². The van der Waals surface area contributed by atoms with Gasteiger partial charge < -0.3 is 5.11 Å². The van der Waals surface area contributed by atoms with E-state index in [2.05, 4.69) is 21.5 Å². The Morgan fingerprint density at radius 2 is 1.86 bits per heavy atom. The fourth-order valence-electron chi connectivity index (χ4n) is 3.05. The van der Waals surface area contributed by atoms with Crippen LogP contribution in [0.2, 0.25) is 10.0 Å². The molecule has 2 N–H and O–H groups in total. The molecular weight excluding hydrogens is 395 g/mol. The van der Waals surface area contributed by atoms with Crippen LogP contribution in [0.1, 0.15) is 11.1 Å². The molecule has 0 saturated carbocycles. The fourth-order valence-corrected chi connectivity index (χ4v) is 3.37. The zero-order valence-electron chi connectivity index (χ0n) is 14.9. The highest BCUT2D eigenvalue weighted by Crippen LogP contribution is 2.23. The summed E-state index contributed by atoms with van der Waals surface area (Å²) < 4.78 is 1.75. The molecule has 2 aromatic heterocycles. The number of halogens is 2. The summed E-state index contributed by atoms with van der Waals surface area (Å²) in [5.41, 5.74) is 4.94. The third-order valence-electron chi connectivity index (χ3n) is 4.49. The first kappa shape index (κ1) is 18.9. The molecule has 0 spiro atoms. The highest BCUT2D eigenvalue weighted by molar-refractivity contribution is 6.42. The van der Waals surface area contributed by atoms with Crippen molar-refractivity contribution in [3.63, 3.8) is 0 Å². The van der Waals surface area contributed by atoms with Gasteiger partial charge in [0.2, 0.25) is 0 Å². The zero-order chi connectivity index (χ0) is 19.5. The van der Waals surface area contributed by atoms with E-state index in [1.54, 1.807) is 16.6 Å². The standard InChI is InChI=1S/C21H18Cl2N4O/c22-18-6-4-14(9-19(18)23)10-21(28)24-11-15-2-1-3-16(8-15)17-5-7-20-25-13-26-27(20)12-17/h1-9,12-13,21,24,28H,10-11H2. The first-order chi connectivity index (χ1) is 13.6. The molecule has 5 nitrogen and oxygen atoms in total. The van der Waals surface area contributed by atoms with Gasteiger partial charge >= 0.3 is 0 Å². The first-order valence-electron chi connectivity index (χ1n) is 8.82. The Hall–Kier alpha value is -2.44. The van der Waals surface area contributed by atoms with Gasteiger partial charge in [-0.1, -0.05) is 47.5 Å². The van der Waals surface area contributed by atoms with Crippen molar-refractivity contribution in [2.45, 2.75) is 19.2 Å². The SMILES string of the molecule is OC(Cc1ccc(Cl)c(Cl)c1)NCc1cccc(-c2ccc3ncnn3c2)c1. The summed E-state index contributed by atoms with van der Waals surface area (Å²) in [6.07, 6.45) is 3.25. The lowest BCUT2D eigenvalue weighted by Crippen LogP contribution is -2.30. The molecule has 0 saturated heterocycles. The molecule has 0 bridgehead atoms. The van der Waals surface area contributed by atoms with E-state index in [-0.39, 0.29) is 0 Å². The lowest BCUT2D eigenvalue weighted by atomic mass is 10.0. The average Bonchev–Trinajstić information content (AvgIpc) is 3.17. The van der Waals surface area contributed by atoms with Gasteiger partial charge in [-0.25, -0.2) is 9.50 Å². The average molecular weight is 413 g/mol. The van der Waals surface area contributed by atoms with Gasteiger partial charge in [-0.3, -0.25) is 5.32 Å². The van der Waals surface area contributed by atoms with Crippen molar-refractivity contribution in [2.24, 2.45) is 0 Å². The van der Waals surface area contributed by atoms with E-state index in [1.165, 1.54) is 6.33 Å². The quantitative estimate of drug-likeness (QED) is 0.462. The highest BCUT2D eigenvalue weighted by atomic mass is 35.5. The number of aliphatic hydroxyl groups is 1. The lowest BCUT2D eigenvalue weighted by molar-refractivity contribution is 0.135. The minimum atomic E-state index is -0.688.